The van der Waals surface area contributed by atoms with Crippen molar-refractivity contribution in [2.24, 2.45) is 0 Å². The van der Waals surface area contributed by atoms with Gasteiger partial charge in [-0.1, -0.05) is 0 Å². The van der Waals surface area contributed by atoms with E-state index in [2.05, 4.69) is 15.3 Å². The van der Waals surface area contributed by atoms with E-state index in [0.717, 1.165) is 5.75 Å². The van der Waals surface area contributed by atoms with E-state index in [1.807, 2.05) is 0 Å². The average Bonchev–Trinajstić information content (AvgIpc) is 2.54. The highest BCUT2D eigenvalue weighted by atomic mass is 16.5. The molecule has 0 fully saturated rings. The number of carbonyl (C=O) groups excluding carboxylic acids is 1. The largest absolute Gasteiger partial charge is 0.497 e. The molecule has 2 rings (SSSR count). The maximum Gasteiger partial charge on any atom is 0.316 e. The van der Waals surface area contributed by atoms with Crippen molar-refractivity contribution in [3.05, 3.63) is 36.7 Å². The number of rotatable bonds is 6. The quantitative estimate of drug-likeness (QED) is 0.868. The molecule has 110 valence electrons. The van der Waals surface area contributed by atoms with E-state index >= 15 is 0 Å². The summed E-state index contributed by atoms with van der Waals surface area (Å²) in [5.74, 6) is 0.999. The molecule has 1 heterocycles. The van der Waals surface area contributed by atoms with Crippen LogP contribution in [0.2, 0.25) is 0 Å². The Morgan fingerprint density at radius 3 is 2.24 bits per heavy atom. The summed E-state index contributed by atoms with van der Waals surface area (Å²) in [6.07, 6.45) is 2.91. The average molecular weight is 289 g/mol. The Kier molecular flexibility index (Phi) is 4.92. The first kappa shape index (κ1) is 14.6. The van der Waals surface area contributed by atoms with Gasteiger partial charge in [-0.25, -0.2) is 9.97 Å². The summed E-state index contributed by atoms with van der Waals surface area (Å²) in [4.78, 5) is 19.5. The van der Waals surface area contributed by atoms with Crippen molar-refractivity contribution in [2.75, 3.05) is 26.1 Å². The van der Waals surface area contributed by atoms with Crippen LogP contribution in [0.3, 0.4) is 0 Å². The maximum absolute atomic E-state index is 11.7. The number of amides is 1. The Labute approximate surface area is 121 Å². The number of carbonyl (C=O) groups is 1. The Hall–Kier alpha value is -2.83. The minimum Gasteiger partial charge on any atom is -0.497 e. The fourth-order valence-corrected chi connectivity index (χ4v) is 1.50. The minimum atomic E-state index is -0.306. The summed E-state index contributed by atoms with van der Waals surface area (Å²) in [6.45, 7) is -0.113. The fraction of sp³-hybridized carbons (Fsp3) is 0.214. The minimum absolute atomic E-state index is 0.113. The van der Waals surface area contributed by atoms with Crippen molar-refractivity contribution >= 4 is 11.6 Å². The Balaban J connectivity index is 1.83. The van der Waals surface area contributed by atoms with E-state index in [-0.39, 0.29) is 18.5 Å². The topological polar surface area (TPSA) is 82.6 Å². The first-order valence-electron chi connectivity index (χ1n) is 6.14. The number of anilines is 1. The third-order valence-corrected chi connectivity index (χ3v) is 2.52. The fourth-order valence-electron chi connectivity index (χ4n) is 1.50. The summed E-state index contributed by atoms with van der Waals surface area (Å²) < 4.78 is 15.2. The van der Waals surface area contributed by atoms with Gasteiger partial charge < -0.3 is 19.5 Å². The molecule has 0 aliphatic carbocycles. The Bertz CT molecular complexity index is 584. The summed E-state index contributed by atoms with van der Waals surface area (Å²) in [5, 5.41) is 2.62. The predicted octanol–water partition coefficient (Wildman–Crippen LogP) is 1.51. The van der Waals surface area contributed by atoms with Gasteiger partial charge >= 0.3 is 6.01 Å². The number of nitrogens with one attached hydrogen (secondary N) is 1. The van der Waals surface area contributed by atoms with Gasteiger partial charge in [-0.3, -0.25) is 4.79 Å². The van der Waals surface area contributed by atoms with Crippen LogP contribution in [0.1, 0.15) is 0 Å². The first-order valence-corrected chi connectivity index (χ1v) is 6.14. The zero-order chi connectivity index (χ0) is 15.1. The third kappa shape index (κ3) is 4.34. The van der Waals surface area contributed by atoms with Gasteiger partial charge in [-0.15, -0.1) is 0 Å². The van der Waals surface area contributed by atoms with E-state index in [9.17, 15) is 4.79 Å². The lowest BCUT2D eigenvalue weighted by Crippen LogP contribution is -2.20. The zero-order valence-electron chi connectivity index (χ0n) is 11.7. The third-order valence-electron chi connectivity index (χ3n) is 2.52. The SMILES string of the molecule is COc1ccc(OCC(=O)Nc2cnc(OC)nc2)cc1. The van der Waals surface area contributed by atoms with Crippen LogP contribution in [0.15, 0.2) is 36.7 Å². The number of ether oxygens (including phenoxy) is 3. The number of aromatic nitrogens is 2. The van der Waals surface area contributed by atoms with Gasteiger partial charge in [0, 0.05) is 0 Å². The highest BCUT2D eigenvalue weighted by Crippen LogP contribution is 2.17. The van der Waals surface area contributed by atoms with E-state index < -0.39 is 0 Å². The molecule has 7 heteroatoms. The van der Waals surface area contributed by atoms with E-state index in [1.165, 1.54) is 19.5 Å². The van der Waals surface area contributed by atoms with Crippen LogP contribution in [-0.4, -0.2) is 36.7 Å². The summed E-state index contributed by atoms with van der Waals surface area (Å²) in [6, 6.07) is 7.20. The van der Waals surface area contributed by atoms with Crippen molar-refractivity contribution in [1.29, 1.82) is 0 Å². The molecule has 0 aliphatic heterocycles. The second kappa shape index (κ2) is 7.09. The van der Waals surface area contributed by atoms with E-state index in [1.54, 1.807) is 31.4 Å². The highest BCUT2D eigenvalue weighted by Gasteiger charge is 2.05. The smallest absolute Gasteiger partial charge is 0.316 e. The second-order valence-corrected chi connectivity index (χ2v) is 3.97. The van der Waals surface area contributed by atoms with Crippen molar-refractivity contribution in [3.63, 3.8) is 0 Å². The molecule has 0 aliphatic rings. The van der Waals surface area contributed by atoms with Crippen molar-refractivity contribution in [3.8, 4) is 17.5 Å². The molecule has 2 aromatic rings. The molecule has 0 saturated carbocycles. The first-order chi connectivity index (χ1) is 10.2. The number of methoxy groups -OCH3 is 2. The number of hydrogen-bond donors (Lipinski definition) is 1. The summed E-state index contributed by atoms with van der Waals surface area (Å²) >= 11 is 0. The molecule has 1 aromatic carbocycles. The molecule has 0 bridgehead atoms. The van der Waals surface area contributed by atoms with Crippen LogP contribution < -0.4 is 19.5 Å². The molecule has 0 saturated heterocycles. The molecule has 21 heavy (non-hydrogen) atoms. The van der Waals surface area contributed by atoms with Gasteiger partial charge in [-0.05, 0) is 24.3 Å². The van der Waals surface area contributed by atoms with Crippen molar-refractivity contribution in [2.45, 2.75) is 0 Å². The molecule has 0 unspecified atom stereocenters. The van der Waals surface area contributed by atoms with Crippen LogP contribution in [0.25, 0.3) is 0 Å². The summed E-state index contributed by atoms with van der Waals surface area (Å²) in [7, 11) is 3.05. The lowest BCUT2D eigenvalue weighted by atomic mass is 10.3. The van der Waals surface area contributed by atoms with Crippen LogP contribution in [0, 0.1) is 0 Å². The Morgan fingerprint density at radius 2 is 1.67 bits per heavy atom. The molecule has 1 N–H and O–H groups in total. The lowest BCUT2D eigenvalue weighted by molar-refractivity contribution is -0.118. The molecule has 1 amide bonds. The second-order valence-electron chi connectivity index (χ2n) is 3.97. The van der Waals surface area contributed by atoms with Crippen molar-refractivity contribution in [1.82, 2.24) is 9.97 Å². The van der Waals surface area contributed by atoms with E-state index in [4.69, 9.17) is 14.2 Å². The van der Waals surface area contributed by atoms with E-state index in [0.29, 0.717) is 11.4 Å². The Morgan fingerprint density at radius 1 is 1.05 bits per heavy atom. The monoisotopic (exact) mass is 289 g/mol. The van der Waals surface area contributed by atoms with Crippen LogP contribution in [-0.2, 0) is 4.79 Å². The molecule has 0 spiro atoms. The number of benzene rings is 1. The van der Waals surface area contributed by atoms with Gasteiger partial charge in [0.05, 0.1) is 32.3 Å². The number of nitrogens with zero attached hydrogens (tertiary/aromatic N) is 2. The van der Waals surface area contributed by atoms with Gasteiger partial charge in [0.25, 0.3) is 5.91 Å². The standard InChI is InChI=1S/C14H15N3O4/c1-19-11-3-5-12(6-4-11)21-9-13(18)17-10-7-15-14(20-2)16-8-10/h3-8H,9H2,1-2H3,(H,17,18). The predicted molar refractivity (Wildman–Crippen MR) is 75.7 cm³/mol. The van der Waals surface area contributed by atoms with Gasteiger partial charge in [0.1, 0.15) is 11.5 Å². The maximum atomic E-state index is 11.7. The summed E-state index contributed by atoms with van der Waals surface area (Å²) in [5.41, 5.74) is 0.471. The van der Waals surface area contributed by atoms with Gasteiger partial charge in [-0.2, -0.15) is 0 Å². The highest BCUT2D eigenvalue weighted by molar-refractivity contribution is 5.91. The van der Waals surface area contributed by atoms with Gasteiger partial charge in [0.15, 0.2) is 6.61 Å². The normalized spacial score (nSPS) is 9.81. The van der Waals surface area contributed by atoms with Crippen LogP contribution in [0.4, 0.5) is 5.69 Å². The lowest BCUT2D eigenvalue weighted by Gasteiger charge is -2.08. The van der Waals surface area contributed by atoms with Gasteiger partial charge in [0.2, 0.25) is 0 Å². The molecule has 0 atom stereocenters. The number of hydrogen-bond acceptors (Lipinski definition) is 6. The molecular weight excluding hydrogens is 274 g/mol. The zero-order valence-corrected chi connectivity index (χ0v) is 11.7. The molecule has 7 nitrogen and oxygen atoms in total. The molecular formula is C14H15N3O4. The molecule has 1 aromatic heterocycles. The van der Waals surface area contributed by atoms with Crippen LogP contribution in [0.5, 0.6) is 17.5 Å². The van der Waals surface area contributed by atoms with Crippen LogP contribution >= 0.6 is 0 Å². The molecule has 0 radical (unpaired) electrons. The van der Waals surface area contributed by atoms with Crippen molar-refractivity contribution < 1.29 is 19.0 Å².